The standard InChI is InChI=1S/C48H27O5P/c49-54-44-22-20-29(32-14-8-16-36-34-12-4-6-18-38(34)52-46(32)36)24-40(44)50-42-26-31(28-10-2-1-3-11-28)27-43(48(42)54)51-41-25-30(21-23-45(41)54)33-15-9-17-37-35-13-5-7-19-39(35)53-47(33)37/h1-27H. The first kappa shape index (κ1) is 29.7. The van der Waals surface area contributed by atoms with Gasteiger partial charge in [0, 0.05) is 32.7 Å². The lowest BCUT2D eigenvalue weighted by atomic mass is 10.0. The van der Waals surface area contributed by atoms with Crippen LogP contribution >= 0.6 is 7.14 Å². The summed E-state index contributed by atoms with van der Waals surface area (Å²) in [4.78, 5) is 0. The average Bonchev–Trinajstić information content (AvgIpc) is 3.79. The van der Waals surface area contributed by atoms with Crippen LogP contribution in [0.1, 0.15) is 0 Å². The molecule has 6 heteroatoms. The number of benzene rings is 8. The normalized spacial score (nSPS) is 13.7. The number of rotatable bonds is 3. The highest BCUT2D eigenvalue weighted by molar-refractivity contribution is 7.86. The maximum Gasteiger partial charge on any atom is 0.185 e. The van der Waals surface area contributed by atoms with Gasteiger partial charge in [-0.3, -0.25) is 0 Å². The molecule has 2 aromatic heterocycles. The van der Waals surface area contributed by atoms with E-state index in [0.717, 1.165) is 77.3 Å². The summed E-state index contributed by atoms with van der Waals surface area (Å²) in [6, 6.07) is 54.6. The van der Waals surface area contributed by atoms with Crippen molar-refractivity contribution in [3.63, 3.8) is 0 Å². The van der Waals surface area contributed by atoms with Crippen LogP contribution in [-0.4, -0.2) is 0 Å². The van der Waals surface area contributed by atoms with Crippen molar-refractivity contribution in [3.05, 3.63) is 164 Å². The highest BCUT2D eigenvalue weighted by Gasteiger charge is 2.47. The van der Waals surface area contributed by atoms with Gasteiger partial charge in [-0.25, -0.2) is 0 Å². The molecule has 0 aliphatic carbocycles. The molecule has 0 saturated heterocycles. The largest absolute Gasteiger partial charge is 0.456 e. The predicted octanol–water partition coefficient (Wildman–Crippen LogP) is 12.3. The second-order valence-electron chi connectivity index (χ2n) is 13.9. The SMILES string of the molecule is O=P12c3ccc(-c4cccc5c4oc4ccccc45)cc3Oc3cc(-c4ccccc4)cc(c31)Oc1cc(-c3cccc4c3oc3ccccc34)ccc12. The van der Waals surface area contributed by atoms with Gasteiger partial charge in [-0.2, -0.15) is 0 Å². The minimum absolute atomic E-state index is 0.531. The Hall–Kier alpha value is -6.81. The fourth-order valence-corrected chi connectivity index (χ4v) is 11.4. The molecular formula is C48H27O5P. The van der Waals surface area contributed by atoms with E-state index in [4.69, 9.17) is 18.3 Å². The number of hydrogen-bond donors (Lipinski definition) is 0. The van der Waals surface area contributed by atoms with Gasteiger partial charge in [-0.05, 0) is 70.8 Å². The fourth-order valence-electron chi connectivity index (χ4n) is 8.45. The lowest BCUT2D eigenvalue weighted by Gasteiger charge is -2.35. The van der Waals surface area contributed by atoms with E-state index in [-0.39, 0.29) is 0 Å². The molecule has 0 radical (unpaired) electrons. The van der Waals surface area contributed by atoms with Crippen molar-refractivity contribution in [1.29, 1.82) is 0 Å². The maximum atomic E-state index is 16.1. The topological polar surface area (TPSA) is 61.8 Å². The van der Waals surface area contributed by atoms with Gasteiger partial charge in [0.15, 0.2) is 7.14 Å². The Morgan fingerprint density at radius 3 is 1.37 bits per heavy atom. The molecule has 0 bridgehead atoms. The number of ether oxygens (including phenoxy) is 2. The lowest BCUT2D eigenvalue weighted by Crippen LogP contribution is -2.35. The highest BCUT2D eigenvalue weighted by atomic mass is 31.2. The van der Waals surface area contributed by atoms with Gasteiger partial charge in [0.2, 0.25) is 0 Å². The monoisotopic (exact) mass is 714 g/mol. The molecule has 12 rings (SSSR count). The second-order valence-corrected chi connectivity index (χ2v) is 16.6. The van der Waals surface area contributed by atoms with E-state index in [2.05, 4.69) is 48.5 Å². The molecule has 8 aromatic carbocycles. The van der Waals surface area contributed by atoms with E-state index in [1.807, 2.05) is 115 Å². The Bertz CT molecular complexity index is 3070. The zero-order valence-corrected chi connectivity index (χ0v) is 29.5. The summed E-state index contributed by atoms with van der Waals surface area (Å²) in [6.07, 6.45) is 0. The van der Waals surface area contributed by atoms with E-state index < -0.39 is 7.14 Å². The Morgan fingerprint density at radius 2 is 0.833 bits per heavy atom. The Balaban J connectivity index is 1.07. The van der Waals surface area contributed by atoms with Crippen LogP contribution in [0.2, 0.25) is 0 Å². The minimum atomic E-state index is -3.49. The molecule has 54 heavy (non-hydrogen) atoms. The smallest absolute Gasteiger partial charge is 0.185 e. The third-order valence-corrected chi connectivity index (χ3v) is 14.1. The van der Waals surface area contributed by atoms with Crippen LogP contribution in [0.4, 0.5) is 0 Å². The van der Waals surface area contributed by atoms with Gasteiger partial charge in [-0.15, -0.1) is 0 Å². The summed E-state index contributed by atoms with van der Waals surface area (Å²) in [6.45, 7) is 0. The van der Waals surface area contributed by atoms with Crippen molar-refractivity contribution in [1.82, 2.24) is 0 Å². The summed E-state index contributed by atoms with van der Waals surface area (Å²) in [5, 5.41) is 6.09. The molecule has 0 spiro atoms. The van der Waals surface area contributed by atoms with Gasteiger partial charge < -0.3 is 22.9 Å². The minimum Gasteiger partial charge on any atom is -0.456 e. The van der Waals surface area contributed by atoms with Gasteiger partial charge in [0.1, 0.15) is 50.6 Å². The van der Waals surface area contributed by atoms with E-state index in [0.29, 0.717) is 38.9 Å². The van der Waals surface area contributed by atoms with Crippen molar-refractivity contribution >= 4 is 66.9 Å². The highest BCUT2D eigenvalue weighted by Crippen LogP contribution is 2.60. The number of furan rings is 2. The summed E-state index contributed by atoms with van der Waals surface area (Å²) >= 11 is 0. The number of para-hydroxylation sites is 4. The van der Waals surface area contributed by atoms with Gasteiger partial charge in [0.05, 0.1) is 10.6 Å². The first-order valence-electron chi connectivity index (χ1n) is 17.9. The predicted molar refractivity (Wildman–Crippen MR) is 217 cm³/mol. The maximum absolute atomic E-state index is 16.1. The second kappa shape index (κ2) is 10.9. The molecule has 2 aliphatic heterocycles. The van der Waals surface area contributed by atoms with Crippen molar-refractivity contribution < 1.29 is 22.9 Å². The molecule has 254 valence electrons. The molecule has 0 N–H and O–H groups in total. The molecule has 0 atom stereocenters. The van der Waals surface area contributed by atoms with E-state index in [1.54, 1.807) is 0 Å². The molecule has 4 heterocycles. The van der Waals surface area contributed by atoms with Crippen LogP contribution in [-0.2, 0) is 4.57 Å². The number of fused-ring (bicyclic) bond motifs is 10. The van der Waals surface area contributed by atoms with Crippen LogP contribution in [0.3, 0.4) is 0 Å². The zero-order chi connectivity index (χ0) is 35.5. The van der Waals surface area contributed by atoms with Crippen molar-refractivity contribution in [2.75, 3.05) is 0 Å². The quantitative estimate of drug-likeness (QED) is 0.171. The summed E-state index contributed by atoms with van der Waals surface area (Å²) < 4.78 is 42.5. The molecule has 0 saturated carbocycles. The van der Waals surface area contributed by atoms with Crippen LogP contribution in [0.15, 0.2) is 173 Å². The summed E-state index contributed by atoms with van der Waals surface area (Å²) in [5.41, 5.74) is 8.90. The number of hydrogen-bond acceptors (Lipinski definition) is 5. The zero-order valence-electron chi connectivity index (χ0n) is 28.6. The Morgan fingerprint density at radius 1 is 0.370 bits per heavy atom. The molecular weight excluding hydrogens is 687 g/mol. The molecule has 0 fully saturated rings. The van der Waals surface area contributed by atoms with E-state index >= 15 is 4.57 Å². The molecule has 0 amide bonds. The van der Waals surface area contributed by atoms with Crippen LogP contribution in [0.25, 0.3) is 77.3 Å². The van der Waals surface area contributed by atoms with Gasteiger partial charge in [0.25, 0.3) is 0 Å². The summed E-state index contributed by atoms with van der Waals surface area (Å²) in [5.74, 6) is 2.17. The van der Waals surface area contributed by atoms with Crippen molar-refractivity contribution in [2.24, 2.45) is 0 Å². The van der Waals surface area contributed by atoms with Crippen molar-refractivity contribution in [3.8, 4) is 56.4 Å². The molecule has 2 aliphatic rings. The average molecular weight is 715 g/mol. The van der Waals surface area contributed by atoms with Gasteiger partial charge >= 0.3 is 0 Å². The molecule has 5 nitrogen and oxygen atoms in total. The fraction of sp³-hybridized carbons (Fsp3) is 0. The molecule has 0 unspecified atom stereocenters. The van der Waals surface area contributed by atoms with Crippen LogP contribution in [0, 0.1) is 0 Å². The van der Waals surface area contributed by atoms with Crippen LogP contribution in [0.5, 0.6) is 23.0 Å². The van der Waals surface area contributed by atoms with Crippen LogP contribution < -0.4 is 25.4 Å². The van der Waals surface area contributed by atoms with Crippen molar-refractivity contribution in [2.45, 2.75) is 0 Å². The summed E-state index contributed by atoms with van der Waals surface area (Å²) in [7, 11) is -3.49. The third-order valence-electron chi connectivity index (χ3n) is 10.9. The van der Waals surface area contributed by atoms with E-state index in [1.165, 1.54) is 0 Å². The Kier molecular flexibility index (Phi) is 5.98. The lowest BCUT2D eigenvalue weighted by molar-refractivity contribution is 0.462. The van der Waals surface area contributed by atoms with Gasteiger partial charge in [-0.1, -0.05) is 115 Å². The first-order valence-corrected chi connectivity index (χ1v) is 19.6. The molecule has 10 aromatic rings. The van der Waals surface area contributed by atoms with E-state index in [9.17, 15) is 0 Å². The first-order chi connectivity index (χ1) is 26.6. The third kappa shape index (κ3) is 4.07. The Labute approximate surface area is 309 Å².